The van der Waals surface area contributed by atoms with Gasteiger partial charge in [0.05, 0.1) is 27.4 Å². The Morgan fingerprint density at radius 1 is 0.444 bits per heavy atom. The highest BCUT2D eigenvalue weighted by Crippen LogP contribution is 2.19. The summed E-state index contributed by atoms with van der Waals surface area (Å²) in [5, 5.41) is 0. The number of ketones is 2. The fourth-order valence-electron chi connectivity index (χ4n) is 5.51. The van der Waals surface area contributed by atoms with Crippen LogP contribution in [0, 0.1) is 0 Å². The van der Waals surface area contributed by atoms with Gasteiger partial charge in [-0.3, -0.25) is 9.59 Å². The molecule has 4 aromatic carbocycles. The van der Waals surface area contributed by atoms with Crippen LogP contribution >= 0.6 is 23.5 Å². The zero-order valence-electron chi connectivity index (χ0n) is 31.7. The highest BCUT2D eigenvalue weighted by Gasteiger charge is 2.04. The summed E-state index contributed by atoms with van der Waals surface area (Å²) in [6, 6.07) is 29.9. The summed E-state index contributed by atoms with van der Waals surface area (Å²) in [7, 11) is 3.22. The van der Waals surface area contributed by atoms with Crippen LogP contribution in [0.3, 0.4) is 0 Å². The van der Waals surface area contributed by atoms with Crippen molar-refractivity contribution in [2.75, 3.05) is 50.4 Å². The summed E-state index contributed by atoms with van der Waals surface area (Å²) < 4.78 is 22.1. The molecule has 8 heteroatoms. The number of thioether (sulfide) groups is 2. The molecule has 0 spiro atoms. The summed E-state index contributed by atoms with van der Waals surface area (Å²) in [5.74, 6) is 7.46. The molecule has 0 heterocycles. The predicted molar refractivity (Wildman–Crippen MR) is 228 cm³/mol. The topological polar surface area (TPSA) is 71.1 Å². The number of ether oxygens (including phenoxy) is 4. The molecule has 0 aliphatic heterocycles. The van der Waals surface area contributed by atoms with E-state index in [0.717, 1.165) is 45.6 Å². The maximum atomic E-state index is 12.4. The lowest BCUT2D eigenvalue weighted by atomic mass is 10.1. The van der Waals surface area contributed by atoms with Gasteiger partial charge < -0.3 is 18.9 Å². The molecule has 0 fully saturated rings. The van der Waals surface area contributed by atoms with E-state index in [-0.39, 0.29) is 11.6 Å². The van der Waals surface area contributed by atoms with Crippen LogP contribution in [0.4, 0.5) is 0 Å². The third-order valence-electron chi connectivity index (χ3n) is 8.68. The minimum absolute atomic E-state index is 0.0380. The van der Waals surface area contributed by atoms with E-state index in [1.54, 1.807) is 74.9 Å². The fourth-order valence-corrected chi connectivity index (χ4v) is 7.13. The Balaban J connectivity index is 0.901. The largest absolute Gasteiger partial charge is 0.497 e. The number of hydrogen-bond acceptors (Lipinski definition) is 8. The van der Waals surface area contributed by atoms with Crippen LogP contribution in [0.15, 0.2) is 109 Å². The van der Waals surface area contributed by atoms with Crippen molar-refractivity contribution in [3.05, 3.63) is 131 Å². The van der Waals surface area contributed by atoms with Gasteiger partial charge in [0.15, 0.2) is 11.6 Å². The molecule has 0 N–H and O–H groups in total. The Hall–Kier alpha value is -4.40. The van der Waals surface area contributed by atoms with Gasteiger partial charge in [-0.25, -0.2) is 0 Å². The van der Waals surface area contributed by atoms with Gasteiger partial charge in [-0.1, -0.05) is 74.9 Å². The van der Waals surface area contributed by atoms with Gasteiger partial charge >= 0.3 is 0 Å². The number of unbranched alkanes of at least 4 members (excludes halogenated alkanes) is 7. The van der Waals surface area contributed by atoms with Gasteiger partial charge in [-0.05, 0) is 120 Å². The predicted octanol–water partition coefficient (Wildman–Crippen LogP) is 11.5. The SMILES string of the molecule is COc1ccc(C(=O)C=Cc2ccc(OCCSCCCCCCCCCCSCCOc3ccc(C=CC(=O)c4ccc(OC)cc4)cc3)cc2)cc1. The van der Waals surface area contributed by atoms with E-state index in [1.165, 1.54) is 62.9 Å². The quantitative estimate of drug-likeness (QED) is 0.0338. The number of rotatable bonds is 27. The summed E-state index contributed by atoms with van der Waals surface area (Å²) in [6.07, 6.45) is 17.3. The minimum Gasteiger partial charge on any atom is -0.497 e. The molecule has 54 heavy (non-hydrogen) atoms. The number of carbonyl (C=O) groups is 2. The first-order valence-corrected chi connectivity index (χ1v) is 21.2. The molecule has 0 unspecified atom stereocenters. The van der Waals surface area contributed by atoms with Crippen molar-refractivity contribution in [2.24, 2.45) is 0 Å². The van der Waals surface area contributed by atoms with Gasteiger partial charge in [0.25, 0.3) is 0 Å². The smallest absolute Gasteiger partial charge is 0.185 e. The van der Waals surface area contributed by atoms with Crippen LogP contribution in [0.25, 0.3) is 12.2 Å². The van der Waals surface area contributed by atoms with E-state index < -0.39 is 0 Å². The van der Waals surface area contributed by atoms with Gasteiger partial charge in [-0.2, -0.15) is 23.5 Å². The Bertz CT molecular complexity index is 1570. The Morgan fingerprint density at radius 2 is 0.778 bits per heavy atom. The molecule has 0 aromatic heterocycles. The van der Waals surface area contributed by atoms with E-state index in [9.17, 15) is 9.59 Å². The van der Waals surface area contributed by atoms with Gasteiger partial charge in [0, 0.05) is 22.6 Å². The molecule has 0 saturated carbocycles. The molecule has 0 bridgehead atoms. The normalized spacial score (nSPS) is 11.2. The molecular weight excluding hydrogens is 713 g/mol. The van der Waals surface area contributed by atoms with Gasteiger partial charge in [-0.15, -0.1) is 0 Å². The number of benzene rings is 4. The van der Waals surface area contributed by atoms with Crippen molar-refractivity contribution in [3.63, 3.8) is 0 Å². The van der Waals surface area contributed by atoms with Crippen LogP contribution in [-0.2, 0) is 0 Å². The van der Waals surface area contributed by atoms with Crippen molar-refractivity contribution in [1.82, 2.24) is 0 Å². The zero-order chi connectivity index (χ0) is 38.1. The van der Waals surface area contributed by atoms with Crippen molar-refractivity contribution >= 4 is 47.2 Å². The van der Waals surface area contributed by atoms with Gasteiger partial charge in [0.1, 0.15) is 23.0 Å². The number of methoxy groups -OCH3 is 2. The molecule has 0 amide bonds. The van der Waals surface area contributed by atoms with Crippen molar-refractivity contribution in [1.29, 1.82) is 0 Å². The zero-order valence-corrected chi connectivity index (χ0v) is 33.3. The van der Waals surface area contributed by atoms with Crippen LogP contribution in [-0.4, -0.2) is 62.0 Å². The summed E-state index contributed by atoms with van der Waals surface area (Å²) >= 11 is 3.93. The molecular formula is C46H54O6S2. The van der Waals surface area contributed by atoms with Crippen LogP contribution in [0.2, 0.25) is 0 Å². The molecule has 0 radical (unpaired) electrons. The van der Waals surface area contributed by atoms with Crippen LogP contribution in [0.1, 0.15) is 83.2 Å². The average molecular weight is 767 g/mol. The summed E-state index contributed by atoms with van der Waals surface area (Å²) in [4.78, 5) is 24.8. The van der Waals surface area contributed by atoms with E-state index in [0.29, 0.717) is 24.3 Å². The first-order chi connectivity index (χ1) is 26.5. The molecule has 0 saturated heterocycles. The summed E-state index contributed by atoms with van der Waals surface area (Å²) in [5.41, 5.74) is 3.19. The molecule has 0 atom stereocenters. The maximum Gasteiger partial charge on any atom is 0.185 e. The Kier molecular flexibility index (Phi) is 20.1. The fraction of sp³-hybridized carbons (Fsp3) is 0.348. The monoisotopic (exact) mass is 766 g/mol. The molecule has 0 aliphatic carbocycles. The second kappa shape index (κ2) is 25.6. The van der Waals surface area contributed by atoms with Crippen molar-refractivity contribution in [3.8, 4) is 23.0 Å². The second-order valence-electron chi connectivity index (χ2n) is 12.7. The Labute approximate surface area is 330 Å². The lowest BCUT2D eigenvalue weighted by Gasteiger charge is -2.07. The first kappa shape index (κ1) is 42.3. The number of carbonyl (C=O) groups excluding carboxylic acids is 2. The third-order valence-corrected chi connectivity index (χ3v) is 10.7. The maximum absolute atomic E-state index is 12.4. The molecule has 0 aliphatic rings. The first-order valence-electron chi connectivity index (χ1n) is 18.9. The van der Waals surface area contributed by atoms with Crippen molar-refractivity contribution < 1.29 is 28.5 Å². The lowest BCUT2D eigenvalue weighted by Crippen LogP contribution is -2.00. The standard InChI is InChI=1S/C46H54O6S2/c1-49-41-25-17-39(18-26-41)45(47)29-15-37-11-21-43(22-12-37)51-31-35-53-33-9-7-5-3-4-6-8-10-34-54-36-32-52-44-23-13-38(14-24-44)16-30-46(48)40-19-27-42(50-2)28-20-40/h11-30H,3-10,31-36H2,1-2H3. The van der Waals surface area contributed by atoms with E-state index >= 15 is 0 Å². The van der Waals surface area contributed by atoms with E-state index in [1.807, 2.05) is 84.2 Å². The molecule has 6 nitrogen and oxygen atoms in total. The average Bonchev–Trinajstić information content (AvgIpc) is 3.22. The number of allylic oxidation sites excluding steroid dienone is 2. The molecule has 4 rings (SSSR count). The number of hydrogen-bond donors (Lipinski definition) is 0. The highest BCUT2D eigenvalue weighted by atomic mass is 32.2. The molecule has 286 valence electrons. The third kappa shape index (κ3) is 16.7. The molecule has 4 aromatic rings. The summed E-state index contributed by atoms with van der Waals surface area (Å²) in [6.45, 7) is 1.40. The second-order valence-corrected chi connectivity index (χ2v) is 15.2. The van der Waals surface area contributed by atoms with Crippen LogP contribution < -0.4 is 18.9 Å². The van der Waals surface area contributed by atoms with E-state index in [4.69, 9.17) is 18.9 Å². The Morgan fingerprint density at radius 3 is 1.13 bits per heavy atom. The minimum atomic E-state index is -0.0380. The van der Waals surface area contributed by atoms with Gasteiger partial charge in [0.2, 0.25) is 0 Å². The van der Waals surface area contributed by atoms with Crippen molar-refractivity contribution in [2.45, 2.75) is 51.4 Å². The highest BCUT2D eigenvalue weighted by molar-refractivity contribution is 7.99. The van der Waals surface area contributed by atoms with Crippen LogP contribution in [0.5, 0.6) is 23.0 Å². The van der Waals surface area contributed by atoms with E-state index in [2.05, 4.69) is 0 Å². The lowest BCUT2D eigenvalue weighted by molar-refractivity contribution is 0.103.